The summed E-state index contributed by atoms with van der Waals surface area (Å²) in [6.45, 7) is 22.5. The second-order valence-electron chi connectivity index (χ2n) is 20.3. The third kappa shape index (κ3) is 8.72. The van der Waals surface area contributed by atoms with Gasteiger partial charge in [0.05, 0.1) is 23.1 Å². The van der Waals surface area contributed by atoms with E-state index in [9.17, 15) is 9.18 Å². The van der Waals surface area contributed by atoms with E-state index in [1.54, 1.807) is 7.11 Å². The number of nitrogens with zero attached hydrogens (tertiary/aromatic N) is 5. The fraction of sp³-hybridized carbons (Fsp3) is 0.580. The van der Waals surface area contributed by atoms with Gasteiger partial charge in [0, 0.05) is 60.1 Å². The fourth-order valence-corrected chi connectivity index (χ4v) is 17.0. The van der Waals surface area contributed by atoms with Crippen LogP contribution >= 0.6 is 11.6 Å². The number of hydrogen-bond acceptors (Lipinski definition) is 9. The predicted octanol–water partition coefficient (Wildman–Crippen LogP) is 11.2. The van der Waals surface area contributed by atoms with Gasteiger partial charge in [0.2, 0.25) is 0 Å². The largest absolute Gasteiger partial charge is 0.468 e. The summed E-state index contributed by atoms with van der Waals surface area (Å²) in [7, 11) is -0.466. The van der Waals surface area contributed by atoms with Crippen LogP contribution < -0.4 is 14.4 Å². The number of carbonyl (C=O) groups excluding carboxylic acids is 1. The van der Waals surface area contributed by atoms with Crippen molar-refractivity contribution in [2.45, 2.75) is 140 Å². The van der Waals surface area contributed by atoms with Crippen LogP contribution in [0.25, 0.3) is 32.8 Å². The lowest BCUT2D eigenvalue weighted by atomic mass is 9.93. The minimum atomic E-state index is -2.07. The number of amides is 1. The highest BCUT2D eigenvalue weighted by Crippen LogP contribution is 2.45. The molecule has 2 unspecified atom stereocenters. The highest BCUT2D eigenvalue weighted by Gasteiger charge is 2.50. The van der Waals surface area contributed by atoms with Crippen molar-refractivity contribution in [3.05, 3.63) is 53.1 Å². The second kappa shape index (κ2) is 17.7. The van der Waals surface area contributed by atoms with Crippen molar-refractivity contribution in [3.8, 4) is 34.4 Å². The van der Waals surface area contributed by atoms with E-state index in [1.165, 1.54) is 0 Å². The zero-order chi connectivity index (χ0) is 45.0. The minimum absolute atomic E-state index is 0.0433. The van der Waals surface area contributed by atoms with Gasteiger partial charge < -0.3 is 23.8 Å². The van der Waals surface area contributed by atoms with Crippen molar-refractivity contribution in [2.75, 3.05) is 51.6 Å². The Labute approximate surface area is 379 Å². The lowest BCUT2D eigenvalue weighted by Crippen LogP contribution is -2.57. The van der Waals surface area contributed by atoms with E-state index in [4.69, 9.17) is 40.5 Å². The Hall–Kier alpha value is -4.15. The first-order valence-electron chi connectivity index (χ1n) is 22.9. The van der Waals surface area contributed by atoms with Crippen LogP contribution in [-0.2, 0) is 9.47 Å². The lowest BCUT2D eigenvalue weighted by molar-refractivity contribution is 0.0122. The summed E-state index contributed by atoms with van der Waals surface area (Å²) in [5.41, 5.74) is 7.66. The third-order valence-electron chi connectivity index (χ3n) is 14.2. The maximum Gasteiger partial charge on any atom is 0.410 e. The standard InChI is InChI=1S/C50H65ClFN5O5Si/c1-31(2)63(32(3)4,33(5)6)20-17-34-13-11-14-35-21-39(61-30-59-10)22-41(45(34)35)40-24-44-42(23-43(40)51)46(54-47(53-44)60-29-50-18-12-19-56(50)26-36(52)25-50)55-27-37-15-16-38(28-55)57(37)48(58)62-49(7,8)9/h11,13-14,21-24,31-33,36-38H,12,15-16,18-19,25-30H2,1-10H3/t36-,37?,38?,50+/m1/s1. The van der Waals surface area contributed by atoms with E-state index >= 15 is 0 Å². The minimum Gasteiger partial charge on any atom is -0.468 e. The first kappa shape index (κ1) is 45.4. The molecule has 4 atom stereocenters. The van der Waals surface area contributed by atoms with Gasteiger partial charge in [-0.1, -0.05) is 71.2 Å². The molecule has 4 saturated heterocycles. The molecule has 5 heterocycles. The van der Waals surface area contributed by atoms with E-state index in [0.717, 1.165) is 65.1 Å². The maximum absolute atomic E-state index is 14.9. The number of halogens is 2. The van der Waals surface area contributed by atoms with Crippen LogP contribution in [0.4, 0.5) is 15.0 Å². The normalized spacial score (nSPS) is 22.7. The van der Waals surface area contributed by atoms with E-state index in [1.807, 2.05) is 49.9 Å². The molecule has 4 aliphatic rings. The topological polar surface area (TPSA) is 89.5 Å². The number of aromatic nitrogens is 2. The first-order valence-corrected chi connectivity index (χ1v) is 25.6. The monoisotopic (exact) mass is 897 g/mol. The molecule has 338 valence electrons. The van der Waals surface area contributed by atoms with Gasteiger partial charge in [-0.25, -0.2) is 9.18 Å². The summed E-state index contributed by atoms with van der Waals surface area (Å²) in [6, 6.07) is 14.5. The molecule has 0 saturated carbocycles. The number of fused-ring (bicyclic) bond motifs is 5. The van der Waals surface area contributed by atoms with E-state index in [2.05, 4.69) is 81.0 Å². The van der Waals surface area contributed by atoms with Crippen molar-refractivity contribution >= 4 is 53.3 Å². The summed E-state index contributed by atoms with van der Waals surface area (Å²) in [5.74, 6) is 5.09. The number of carbonyl (C=O) groups is 1. The number of anilines is 1. The molecule has 4 aromatic rings. The van der Waals surface area contributed by atoms with Crippen molar-refractivity contribution in [3.63, 3.8) is 0 Å². The van der Waals surface area contributed by atoms with Crippen LogP contribution in [0, 0.1) is 11.5 Å². The zero-order valence-corrected chi connectivity index (χ0v) is 40.6. The van der Waals surface area contributed by atoms with Crippen molar-refractivity contribution in [2.24, 2.45) is 0 Å². The molecule has 1 amide bonds. The van der Waals surface area contributed by atoms with Gasteiger partial charge >= 0.3 is 12.1 Å². The van der Waals surface area contributed by atoms with Crippen LogP contribution in [-0.4, -0.2) is 110 Å². The van der Waals surface area contributed by atoms with Gasteiger partial charge in [-0.15, -0.1) is 5.54 Å². The molecule has 10 nitrogen and oxygen atoms in total. The molecule has 0 radical (unpaired) electrons. The Kier molecular flexibility index (Phi) is 12.7. The second-order valence-corrected chi connectivity index (χ2v) is 26.3. The SMILES string of the molecule is COCOc1cc(-c2cc3nc(OC[C@@]45CCCN4C[C@H](F)C5)nc(N4CC5CCC(C4)N5C(=O)OC(C)(C)C)c3cc2Cl)c2c(C#C[Si](C(C)C)(C(C)C)C(C)C)cccc2c1. The number of hydrogen-bond donors (Lipinski definition) is 0. The molecule has 4 fully saturated rings. The summed E-state index contributed by atoms with van der Waals surface area (Å²) in [6.07, 6.45) is 2.91. The van der Waals surface area contributed by atoms with Crippen molar-refractivity contribution < 1.29 is 28.1 Å². The summed E-state index contributed by atoms with van der Waals surface area (Å²) >= 11 is 7.48. The Morgan fingerprint density at radius 2 is 1.68 bits per heavy atom. The highest BCUT2D eigenvalue weighted by molar-refractivity contribution is 6.90. The highest BCUT2D eigenvalue weighted by atomic mass is 35.5. The number of benzene rings is 3. The lowest BCUT2D eigenvalue weighted by Gasteiger charge is -2.42. The molecule has 3 aromatic carbocycles. The Morgan fingerprint density at radius 3 is 2.35 bits per heavy atom. The van der Waals surface area contributed by atoms with E-state index in [0.29, 0.717) is 71.4 Å². The zero-order valence-electron chi connectivity index (χ0n) is 38.8. The van der Waals surface area contributed by atoms with E-state index < -0.39 is 19.8 Å². The number of piperazine rings is 1. The van der Waals surface area contributed by atoms with Gasteiger partial charge in [-0.3, -0.25) is 9.80 Å². The predicted molar refractivity (Wildman–Crippen MR) is 254 cm³/mol. The molecule has 0 N–H and O–H groups in total. The van der Waals surface area contributed by atoms with Crippen LogP contribution in [0.3, 0.4) is 0 Å². The molecular weight excluding hydrogens is 833 g/mol. The molecule has 8 rings (SSSR count). The average molecular weight is 899 g/mol. The first-order chi connectivity index (χ1) is 29.9. The Balaban J connectivity index is 1.27. The van der Waals surface area contributed by atoms with Gasteiger partial charge in [-0.2, -0.15) is 9.97 Å². The van der Waals surface area contributed by atoms with Crippen molar-refractivity contribution in [1.29, 1.82) is 0 Å². The summed E-state index contributed by atoms with van der Waals surface area (Å²) < 4.78 is 38.8. The van der Waals surface area contributed by atoms with E-state index in [-0.39, 0.29) is 36.5 Å². The molecule has 4 aliphatic heterocycles. The molecule has 63 heavy (non-hydrogen) atoms. The molecule has 0 aliphatic carbocycles. The fourth-order valence-electron chi connectivity index (χ4n) is 11.5. The van der Waals surface area contributed by atoms with Gasteiger partial charge in [-0.05, 0) is 111 Å². The number of rotatable bonds is 11. The van der Waals surface area contributed by atoms with Crippen LogP contribution in [0.5, 0.6) is 11.8 Å². The Morgan fingerprint density at radius 1 is 0.968 bits per heavy atom. The average Bonchev–Trinajstić information content (AvgIpc) is 3.84. The molecule has 1 aromatic heterocycles. The van der Waals surface area contributed by atoms with Crippen LogP contribution in [0.1, 0.15) is 100.0 Å². The van der Waals surface area contributed by atoms with Gasteiger partial charge in [0.1, 0.15) is 38.0 Å². The van der Waals surface area contributed by atoms with Crippen LogP contribution in [0.2, 0.25) is 21.6 Å². The third-order valence-corrected chi connectivity index (χ3v) is 20.8. The molecule has 13 heteroatoms. The maximum atomic E-state index is 14.9. The van der Waals surface area contributed by atoms with Gasteiger partial charge in [0.15, 0.2) is 6.79 Å². The summed E-state index contributed by atoms with van der Waals surface area (Å²) in [5, 5.41) is 3.27. The van der Waals surface area contributed by atoms with Crippen LogP contribution in [0.15, 0.2) is 42.5 Å². The molecular formula is C50H65ClFN5O5Si. The molecule has 0 spiro atoms. The number of alkyl halides is 1. The Bertz CT molecular complexity index is 2400. The van der Waals surface area contributed by atoms with Crippen molar-refractivity contribution in [1.82, 2.24) is 19.8 Å². The quantitative estimate of drug-likeness (QED) is 0.0829. The van der Waals surface area contributed by atoms with Gasteiger partial charge in [0.25, 0.3) is 0 Å². The summed E-state index contributed by atoms with van der Waals surface area (Å²) in [4.78, 5) is 30.1. The smallest absolute Gasteiger partial charge is 0.410 e. The number of ether oxygens (including phenoxy) is 4. The number of methoxy groups -OCH3 is 1. The molecule has 2 bridgehead atoms.